The molecule has 1 fully saturated rings. The molecule has 0 amide bonds. The lowest BCUT2D eigenvalue weighted by atomic mass is 9.75. The maximum atomic E-state index is 13.2. The summed E-state index contributed by atoms with van der Waals surface area (Å²) in [6, 6.07) is 3.30. The Kier molecular flexibility index (Phi) is 4.74. The van der Waals surface area contributed by atoms with Crippen LogP contribution in [0.1, 0.15) is 29.6 Å². The molecule has 0 radical (unpaired) electrons. The molecule has 5 heteroatoms. The molecule has 1 aliphatic rings. The maximum Gasteiger partial charge on any atom is 0.176 e. The summed E-state index contributed by atoms with van der Waals surface area (Å²) in [5.74, 6) is -2.10. The molecule has 0 aliphatic heterocycles. The van der Waals surface area contributed by atoms with E-state index in [1.54, 1.807) is 0 Å². The molecule has 0 saturated heterocycles. The van der Waals surface area contributed by atoms with E-state index in [1.807, 2.05) is 11.9 Å². The van der Waals surface area contributed by atoms with Gasteiger partial charge in [0, 0.05) is 17.6 Å². The number of carbonyl (C=O) groups excluding carboxylic acids is 1. The fourth-order valence-corrected chi connectivity index (χ4v) is 2.90. The minimum Gasteiger partial charge on any atom is -0.302 e. The van der Waals surface area contributed by atoms with Crippen molar-refractivity contribution < 1.29 is 13.6 Å². The average molecular weight is 296 g/mol. The Bertz CT molecular complexity index is 527. The van der Waals surface area contributed by atoms with E-state index in [-0.39, 0.29) is 23.4 Å². The number of nitrogens with zero attached hydrogens (tertiary/aromatic N) is 2. The Balaban J connectivity index is 1.97. The summed E-state index contributed by atoms with van der Waals surface area (Å²) < 4.78 is 26.1. The highest BCUT2D eigenvalue weighted by atomic mass is 19.2. The first kappa shape index (κ1) is 16.0. The van der Waals surface area contributed by atoms with Gasteiger partial charge in [0.05, 0.1) is 6.54 Å². The van der Waals surface area contributed by atoms with Crippen molar-refractivity contribution in [1.82, 2.24) is 9.80 Å². The predicted molar refractivity (Wildman–Crippen MR) is 78.5 cm³/mol. The van der Waals surface area contributed by atoms with Crippen molar-refractivity contribution in [3.8, 4) is 0 Å². The van der Waals surface area contributed by atoms with E-state index in [2.05, 4.69) is 19.0 Å². The quantitative estimate of drug-likeness (QED) is 0.754. The zero-order chi connectivity index (χ0) is 15.6. The second kappa shape index (κ2) is 6.20. The van der Waals surface area contributed by atoms with Crippen molar-refractivity contribution >= 4 is 5.78 Å². The molecule has 21 heavy (non-hydrogen) atoms. The zero-order valence-corrected chi connectivity index (χ0v) is 12.8. The minimum absolute atomic E-state index is 0.142. The Morgan fingerprint density at radius 1 is 1.19 bits per heavy atom. The summed E-state index contributed by atoms with van der Waals surface area (Å²) in [7, 11) is 6.01. The van der Waals surface area contributed by atoms with Crippen molar-refractivity contribution in [3.63, 3.8) is 0 Å². The lowest BCUT2D eigenvalue weighted by molar-refractivity contribution is 0.0280. The van der Waals surface area contributed by atoms with Crippen LogP contribution in [0.15, 0.2) is 18.2 Å². The summed E-state index contributed by atoms with van der Waals surface area (Å²) in [5.41, 5.74) is 0.358. The van der Waals surface area contributed by atoms with E-state index in [1.165, 1.54) is 12.5 Å². The number of hydrogen-bond donors (Lipinski definition) is 0. The van der Waals surface area contributed by atoms with Gasteiger partial charge in [0.2, 0.25) is 0 Å². The SMILES string of the molecule is CN(CC(=O)c1ccc(F)c(F)c1)CC1(N(C)C)CCC1. The highest BCUT2D eigenvalue weighted by Gasteiger charge is 2.39. The van der Waals surface area contributed by atoms with Crippen LogP contribution in [0.2, 0.25) is 0 Å². The van der Waals surface area contributed by atoms with Gasteiger partial charge in [-0.05, 0) is 58.6 Å². The molecule has 0 atom stereocenters. The van der Waals surface area contributed by atoms with Crippen LogP contribution in [0.5, 0.6) is 0 Å². The van der Waals surface area contributed by atoms with E-state index in [0.717, 1.165) is 31.5 Å². The first-order valence-corrected chi connectivity index (χ1v) is 7.18. The molecule has 2 rings (SSSR count). The molecule has 0 N–H and O–H groups in total. The lowest BCUT2D eigenvalue weighted by Crippen LogP contribution is -2.57. The summed E-state index contributed by atoms with van der Waals surface area (Å²) in [5, 5.41) is 0. The molecular formula is C16H22F2N2O. The first-order chi connectivity index (χ1) is 9.84. The number of carbonyl (C=O) groups is 1. The van der Waals surface area contributed by atoms with Crippen LogP contribution in [0.3, 0.4) is 0 Å². The van der Waals surface area contributed by atoms with Crippen molar-refractivity contribution in [1.29, 1.82) is 0 Å². The molecule has 0 aromatic heterocycles. The molecule has 1 aromatic rings. The minimum atomic E-state index is -0.979. The number of halogens is 2. The summed E-state index contributed by atoms with van der Waals surface area (Å²) in [6.45, 7) is 1.01. The average Bonchev–Trinajstić information content (AvgIpc) is 2.36. The van der Waals surface area contributed by atoms with Gasteiger partial charge in [-0.15, -0.1) is 0 Å². The highest BCUT2D eigenvalue weighted by Crippen LogP contribution is 2.36. The van der Waals surface area contributed by atoms with Crippen molar-refractivity contribution in [2.24, 2.45) is 0 Å². The van der Waals surface area contributed by atoms with Crippen molar-refractivity contribution in [3.05, 3.63) is 35.4 Å². The Hall–Kier alpha value is -1.33. The largest absolute Gasteiger partial charge is 0.302 e. The third-order valence-corrected chi connectivity index (χ3v) is 4.45. The molecule has 1 aromatic carbocycles. The van der Waals surface area contributed by atoms with Crippen molar-refractivity contribution in [2.75, 3.05) is 34.2 Å². The van der Waals surface area contributed by atoms with E-state index < -0.39 is 11.6 Å². The number of rotatable bonds is 6. The van der Waals surface area contributed by atoms with Crippen LogP contribution in [-0.4, -0.2) is 55.4 Å². The van der Waals surface area contributed by atoms with Gasteiger partial charge >= 0.3 is 0 Å². The van der Waals surface area contributed by atoms with E-state index in [4.69, 9.17) is 0 Å². The highest BCUT2D eigenvalue weighted by molar-refractivity contribution is 5.97. The summed E-state index contributed by atoms with van der Waals surface area (Å²) in [6.07, 6.45) is 3.47. The van der Waals surface area contributed by atoms with Gasteiger partial charge < -0.3 is 4.90 Å². The molecular weight excluding hydrogens is 274 g/mol. The topological polar surface area (TPSA) is 23.6 Å². The number of hydrogen-bond acceptors (Lipinski definition) is 3. The Labute approximate surface area is 124 Å². The van der Waals surface area contributed by atoms with E-state index in [0.29, 0.717) is 0 Å². The van der Waals surface area contributed by atoms with Crippen LogP contribution < -0.4 is 0 Å². The maximum absolute atomic E-state index is 13.2. The van der Waals surface area contributed by atoms with Gasteiger partial charge in [0.1, 0.15) is 0 Å². The monoisotopic (exact) mass is 296 g/mol. The Morgan fingerprint density at radius 3 is 2.33 bits per heavy atom. The second-order valence-corrected chi connectivity index (χ2v) is 6.20. The van der Waals surface area contributed by atoms with Gasteiger partial charge in [-0.3, -0.25) is 9.69 Å². The number of benzene rings is 1. The molecule has 116 valence electrons. The molecule has 1 saturated carbocycles. The van der Waals surface area contributed by atoms with Crippen LogP contribution in [0.4, 0.5) is 8.78 Å². The molecule has 3 nitrogen and oxygen atoms in total. The van der Waals surface area contributed by atoms with E-state index >= 15 is 0 Å². The van der Waals surface area contributed by atoms with Crippen LogP contribution in [0, 0.1) is 11.6 Å². The van der Waals surface area contributed by atoms with Gasteiger partial charge in [-0.1, -0.05) is 0 Å². The van der Waals surface area contributed by atoms with Crippen LogP contribution in [0.25, 0.3) is 0 Å². The fourth-order valence-electron chi connectivity index (χ4n) is 2.90. The fraction of sp³-hybridized carbons (Fsp3) is 0.562. The number of ketones is 1. The molecule has 0 unspecified atom stereocenters. The summed E-state index contributed by atoms with van der Waals surface area (Å²) >= 11 is 0. The third kappa shape index (κ3) is 3.47. The molecule has 0 heterocycles. The Morgan fingerprint density at radius 2 is 1.86 bits per heavy atom. The van der Waals surface area contributed by atoms with E-state index in [9.17, 15) is 13.6 Å². The van der Waals surface area contributed by atoms with Crippen LogP contribution >= 0.6 is 0 Å². The lowest BCUT2D eigenvalue weighted by Gasteiger charge is -2.49. The first-order valence-electron chi connectivity index (χ1n) is 7.18. The van der Waals surface area contributed by atoms with Gasteiger partial charge in [0.15, 0.2) is 17.4 Å². The van der Waals surface area contributed by atoms with Crippen LogP contribution in [-0.2, 0) is 0 Å². The normalized spacial score (nSPS) is 17.1. The summed E-state index contributed by atoms with van der Waals surface area (Å²) in [4.78, 5) is 16.3. The molecule has 0 bridgehead atoms. The number of likely N-dealkylation sites (N-methyl/N-ethyl adjacent to an activating group) is 2. The predicted octanol–water partition coefficient (Wildman–Crippen LogP) is 2.56. The number of Topliss-reactive ketones (excluding diaryl/α,β-unsaturated/α-hetero) is 1. The third-order valence-electron chi connectivity index (χ3n) is 4.45. The molecule has 1 aliphatic carbocycles. The zero-order valence-electron chi connectivity index (χ0n) is 12.8. The van der Waals surface area contributed by atoms with Gasteiger partial charge in [0.25, 0.3) is 0 Å². The second-order valence-electron chi connectivity index (χ2n) is 6.20. The van der Waals surface area contributed by atoms with Crippen molar-refractivity contribution in [2.45, 2.75) is 24.8 Å². The smallest absolute Gasteiger partial charge is 0.176 e. The standard InChI is InChI=1S/C16H22F2N2O/c1-19(2)16(7-4-8-16)11-20(3)10-15(21)12-5-6-13(17)14(18)9-12/h5-6,9H,4,7-8,10-11H2,1-3H3. The molecule has 0 spiro atoms. The van der Waals surface area contributed by atoms with Gasteiger partial charge in [-0.25, -0.2) is 8.78 Å². The van der Waals surface area contributed by atoms with Gasteiger partial charge in [-0.2, -0.15) is 0 Å².